The molecule has 1 amide bonds. The van der Waals surface area contributed by atoms with Gasteiger partial charge in [0.15, 0.2) is 0 Å². The maximum atomic E-state index is 12.6. The predicted octanol–water partition coefficient (Wildman–Crippen LogP) is 2.86. The minimum absolute atomic E-state index is 0.0283. The Bertz CT molecular complexity index is 453. The molecule has 1 saturated heterocycles. The molecule has 0 radical (unpaired) electrons. The van der Waals surface area contributed by atoms with E-state index in [9.17, 15) is 4.79 Å². The van der Waals surface area contributed by atoms with E-state index in [1.165, 1.54) is 0 Å². The lowest BCUT2D eigenvalue weighted by atomic mass is 10.1. The van der Waals surface area contributed by atoms with Gasteiger partial charge in [0.25, 0.3) is 5.91 Å². The van der Waals surface area contributed by atoms with Gasteiger partial charge in [-0.25, -0.2) is 0 Å². The molecule has 1 atom stereocenters. The fourth-order valence-electron chi connectivity index (χ4n) is 2.56. The summed E-state index contributed by atoms with van der Waals surface area (Å²) in [5, 5.41) is 3.94. The van der Waals surface area contributed by atoms with Crippen LogP contribution in [0.5, 0.6) is 0 Å². The van der Waals surface area contributed by atoms with Crippen molar-refractivity contribution in [1.82, 2.24) is 10.2 Å². The van der Waals surface area contributed by atoms with Crippen LogP contribution < -0.4 is 5.32 Å². The molecule has 0 aliphatic carbocycles. The number of benzene rings is 1. The monoisotopic (exact) mass is 280 g/mol. The van der Waals surface area contributed by atoms with E-state index in [-0.39, 0.29) is 5.91 Å². The van der Waals surface area contributed by atoms with E-state index >= 15 is 0 Å². The molecule has 1 aromatic rings. The first-order valence-corrected chi connectivity index (χ1v) is 7.22. The molecule has 104 valence electrons. The summed E-state index contributed by atoms with van der Waals surface area (Å²) in [6.45, 7) is 3.95. The van der Waals surface area contributed by atoms with Gasteiger partial charge in [0.2, 0.25) is 0 Å². The summed E-state index contributed by atoms with van der Waals surface area (Å²) in [5.41, 5.74) is 1.56. The second kappa shape index (κ2) is 6.40. The van der Waals surface area contributed by atoms with Gasteiger partial charge in [0.05, 0.1) is 10.6 Å². The summed E-state index contributed by atoms with van der Waals surface area (Å²) in [6, 6.07) is 5.92. The Kier molecular flexibility index (Phi) is 4.83. The average molecular weight is 281 g/mol. The highest BCUT2D eigenvalue weighted by Crippen LogP contribution is 2.23. The number of rotatable bonds is 2. The minimum atomic E-state index is 0.0283. The lowest BCUT2D eigenvalue weighted by molar-refractivity contribution is 0.0720. The lowest BCUT2D eigenvalue weighted by Gasteiger charge is -2.27. The molecule has 0 spiro atoms. The molecule has 2 rings (SSSR count). The topological polar surface area (TPSA) is 32.3 Å². The molecule has 1 unspecified atom stereocenters. The first-order valence-electron chi connectivity index (χ1n) is 6.84. The summed E-state index contributed by atoms with van der Waals surface area (Å²) < 4.78 is 0. The third-order valence-electron chi connectivity index (χ3n) is 3.84. The molecule has 0 aromatic heterocycles. The fraction of sp³-hybridized carbons (Fsp3) is 0.533. The Labute approximate surface area is 119 Å². The van der Waals surface area contributed by atoms with Gasteiger partial charge >= 0.3 is 0 Å². The number of carbonyl (C=O) groups is 1. The van der Waals surface area contributed by atoms with Crippen LogP contribution in [0.1, 0.15) is 35.2 Å². The van der Waals surface area contributed by atoms with Crippen molar-refractivity contribution in [3.8, 4) is 0 Å². The zero-order chi connectivity index (χ0) is 13.8. The molecule has 1 heterocycles. The number of hydrogen-bond acceptors (Lipinski definition) is 2. The summed E-state index contributed by atoms with van der Waals surface area (Å²) in [7, 11) is 1.89. The number of nitrogens with zero attached hydrogens (tertiary/aromatic N) is 1. The molecular formula is C15H21ClN2O. The highest BCUT2D eigenvalue weighted by Gasteiger charge is 2.23. The predicted molar refractivity (Wildman–Crippen MR) is 78.8 cm³/mol. The Hall–Kier alpha value is -1.06. The smallest absolute Gasteiger partial charge is 0.255 e. The van der Waals surface area contributed by atoms with Crippen molar-refractivity contribution in [2.24, 2.45) is 0 Å². The lowest BCUT2D eigenvalue weighted by Crippen LogP contribution is -2.37. The maximum absolute atomic E-state index is 12.6. The third-order valence-corrected chi connectivity index (χ3v) is 4.34. The second-order valence-electron chi connectivity index (χ2n) is 5.19. The molecule has 3 nitrogen and oxygen atoms in total. The van der Waals surface area contributed by atoms with E-state index in [1.54, 1.807) is 0 Å². The van der Waals surface area contributed by atoms with Crippen LogP contribution in [-0.2, 0) is 0 Å². The van der Waals surface area contributed by atoms with Crippen molar-refractivity contribution < 1.29 is 4.79 Å². The number of aryl methyl sites for hydroxylation is 1. The zero-order valence-corrected chi connectivity index (χ0v) is 12.3. The number of amides is 1. The number of halogens is 1. The van der Waals surface area contributed by atoms with Crippen molar-refractivity contribution in [1.29, 1.82) is 0 Å². The molecule has 1 fully saturated rings. The van der Waals surface area contributed by atoms with Gasteiger partial charge in [-0.2, -0.15) is 0 Å². The van der Waals surface area contributed by atoms with Crippen LogP contribution in [0, 0.1) is 6.92 Å². The molecule has 1 aliphatic rings. The van der Waals surface area contributed by atoms with Gasteiger partial charge < -0.3 is 10.2 Å². The molecule has 0 bridgehead atoms. The van der Waals surface area contributed by atoms with Gasteiger partial charge in [0, 0.05) is 13.1 Å². The van der Waals surface area contributed by atoms with E-state index in [1.807, 2.05) is 37.1 Å². The van der Waals surface area contributed by atoms with E-state index in [0.717, 1.165) is 37.9 Å². The molecule has 19 heavy (non-hydrogen) atoms. The van der Waals surface area contributed by atoms with Crippen LogP contribution >= 0.6 is 11.6 Å². The number of hydrogen-bond donors (Lipinski definition) is 1. The fourth-order valence-corrected chi connectivity index (χ4v) is 2.76. The third kappa shape index (κ3) is 3.28. The Morgan fingerprint density at radius 1 is 1.37 bits per heavy atom. The quantitative estimate of drug-likeness (QED) is 0.903. The first kappa shape index (κ1) is 14.4. The summed E-state index contributed by atoms with van der Waals surface area (Å²) in [6.07, 6.45) is 3.17. The van der Waals surface area contributed by atoms with Gasteiger partial charge in [-0.3, -0.25) is 4.79 Å². The average Bonchev–Trinajstić information content (AvgIpc) is 2.69. The summed E-state index contributed by atoms with van der Waals surface area (Å²) in [5.74, 6) is 0.0283. The van der Waals surface area contributed by atoms with Crippen LogP contribution in [0.25, 0.3) is 0 Å². The van der Waals surface area contributed by atoms with Crippen LogP contribution in [0.15, 0.2) is 18.2 Å². The first-order chi connectivity index (χ1) is 9.11. The van der Waals surface area contributed by atoms with Crippen molar-refractivity contribution in [2.75, 3.05) is 20.1 Å². The SMILES string of the molecule is Cc1cccc(C(=O)N(C)C2CCCNCC2)c1Cl. The zero-order valence-electron chi connectivity index (χ0n) is 11.6. The molecule has 1 aromatic carbocycles. The summed E-state index contributed by atoms with van der Waals surface area (Å²) in [4.78, 5) is 14.4. The van der Waals surface area contributed by atoms with Gasteiger partial charge in [-0.05, 0) is 50.9 Å². The second-order valence-corrected chi connectivity index (χ2v) is 5.57. The summed E-state index contributed by atoms with van der Waals surface area (Å²) >= 11 is 6.24. The highest BCUT2D eigenvalue weighted by atomic mass is 35.5. The Morgan fingerprint density at radius 3 is 2.95 bits per heavy atom. The van der Waals surface area contributed by atoms with E-state index in [0.29, 0.717) is 16.6 Å². The minimum Gasteiger partial charge on any atom is -0.339 e. The van der Waals surface area contributed by atoms with Crippen molar-refractivity contribution in [3.05, 3.63) is 34.3 Å². The molecule has 4 heteroatoms. The van der Waals surface area contributed by atoms with Gasteiger partial charge in [-0.15, -0.1) is 0 Å². The van der Waals surface area contributed by atoms with Gasteiger partial charge in [-0.1, -0.05) is 23.7 Å². The van der Waals surface area contributed by atoms with E-state index in [2.05, 4.69) is 5.32 Å². The van der Waals surface area contributed by atoms with E-state index < -0.39 is 0 Å². The Morgan fingerprint density at radius 2 is 2.16 bits per heavy atom. The molecular weight excluding hydrogens is 260 g/mol. The van der Waals surface area contributed by atoms with Crippen LogP contribution in [0.2, 0.25) is 5.02 Å². The largest absolute Gasteiger partial charge is 0.339 e. The van der Waals surface area contributed by atoms with Gasteiger partial charge in [0.1, 0.15) is 0 Å². The van der Waals surface area contributed by atoms with Crippen LogP contribution in [-0.4, -0.2) is 37.0 Å². The molecule has 0 saturated carbocycles. The molecule has 1 aliphatic heterocycles. The van der Waals surface area contributed by atoms with Crippen LogP contribution in [0.3, 0.4) is 0 Å². The normalized spacial score (nSPS) is 19.8. The van der Waals surface area contributed by atoms with Crippen molar-refractivity contribution in [3.63, 3.8) is 0 Å². The molecule has 1 N–H and O–H groups in total. The van der Waals surface area contributed by atoms with Crippen molar-refractivity contribution >= 4 is 17.5 Å². The number of carbonyl (C=O) groups excluding carboxylic acids is 1. The standard InChI is InChI=1S/C15H21ClN2O/c1-11-5-3-7-13(14(11)16)15(19)18(2)12-6-4-9-17-10-8-12/h3,5,7,12,17H,4,6,8-10H2,1-2H3. The van der Waals surface area contributed by atoms with Crippen molar-refractivity contribution in [2.45, 2.75) is 32.2 Å². The van der Waals surface area contributed by atoms with Crippen LogP contribution in [0.4, 0.5) is 0 Å². The van der Waals surface area contributed by atoms with E-state index in [4.69, 9.17) is 11.6 Å². The Balaban J connectivity index is 2.15. The highest BCUT2D eigenvalue weighted by molar-refractivity contribution is 6.34. The number of nitrogens with one attached hydrogen (secondary N) is 1. The maximum Gasteiger partial charge on any atom is 0.255 e.